The van der Waals surface area contributed by atoms with Gasteiger partial charge in [0.2, 0.25) is 5.91 Å². The molecule has 126 valence electrons. The predicted molar refractivity (Wildman–Crippen MR) is 99.6 cm³/mol. The Balaban J connectivity index is 1.52. The first kappa shape index (κ1) is 16.4. The number of carbonyl (C=O) groups is 1. The number of nitrogens with one attached hydrogen (secondary N) is 1. The van der Waals surface area contributed by atoms with Gasteiger partial charge in [0, 0.05) is 37.6 Å². The van der Waals surface area contributed by atoms with Crippen LogP contribution in [0.3, 0.4) is 0 Å². The minimum Gasteiger partial charge on any atom is -0.376 e. The number of benzene rings is 2. The van der Waals surface area contributed by atoms with Crippen LogP contribution in [0, 0.1) is 13.8 Å². The van der Waals surface area contributed by atoms with Crippen molar-refractivity contribution in [3.63, 3.8) is 0 Å². The third-order valence-corrected chi connectivity index (χ3v) is 4.65. The molecule has 0 aliphatic carbocycles. The molecule has 4 heteroatoms. The summed E-state index contributed by atoms with van der Waals surface area (Å²) in [6, 6.07) is 16.6. The molecule has 0 radical (unpaired) electrons. The summed E-state index contributed by atoms with van der Waals surface area (Å²) in [4.78, 5) is 16.8. The number of hydrogen-bond donors (Lipinski definition) is 1. The minimum absolute atomic E-state index is 0.172. The van der Waals surface area contributed by atoms with E-state index in [9.17, 15) is 4.79 Å². The second kappa shape index (κ2) is 7.39. The van der Waals surface area contributed by atoms with Gasteiger partial charge in [-0.15, -0.1) is 0 Å². The average Bonchev–Trinajstić information content (AvgIpc) is 2.62. The summed E-state index contributed by atoms with van der Waals surface area (Å²) < 4.78 is 0. The topological polar surface area (TPSA) is 35.6 Å². The maximum Gasteiger partial charge on any atom is 0.241 e. The Morgan fingerprint density at radius 3 is 2.17 bits per heavy atom. The molecule has 2 aromatic rings. The van der Waals surface area contributed by atoms with Gasteiger partial charge in [-0.2, -0.15) is 0 Å². The smallest absolute Gasteiger partial charge is 0.241 e. The van der Waals surface area contributed by atoms with Crippen LogP contribution in [-0.2, 0) is 4.79 Å². The molecule has 1 aliphatic rings. The number of para-hydroxylation sites is 2. The van der Waals surface area contributed by atoms with Crippen molar-refractivity contribution < 1.29 is 4.79 Å². The second-order valence-corrected chi connectivity index (χ2v) is 6.32. The lowest BCUT2D eigenvalue weighted by molar-refractivity contribution is -0.129. The molecule has 1 heterocycles. The van der Waals surface area contributed by atoms with E-state index < -0.39 is 0 Å². The van der Waals surface area contributed by atoms with Gasteiger partial charge >= 0.3 is 0 Å². The Morgan fingerprint density at radius 2 is 1.54 bits per heavy atom. The fourth-order valence-electron chi connectivity index (χ4n) is 3.22. The molecule has 0 atom stereocenters. The van der Waals surface area contributed by atoms with Gasteiger partial charge in [-0.1, -0.05) is 36.4 Å². The van der Waals surface area contributed by atoms with E-state index in [2.05, 4.69) is 60.5 Å². The lowest BCUT2D eigenvalue weighted by atomic mass is 10.1. The SMILES string of the molecule is Cc1cccc(C)c1NCC(=O)N1CCN(c2ccccc2)CC1. The van der Waals surface area contributed by atoms with E-state index in [0.29, 0.717) is 6.54 Å². The van der Waals surface area contributed by atoms with Crippen molar-refractivity contribution in [2.45, 2.75) is 13.8 Å². The minimum atomic E-state index is 0.172. The number of nitrogens with zero attached hydrogens (tertiary/aromatic N) is 2. The van der Waals surface area contributed by atoms with Crippen LogP contribution >= 0.6 is 0 Å². The van der Waals surface area contributed by atoms with Crippen LogP contribution in [0.2, 0.25) is 0 Å². The number of anilines is 2. The Kier molecular flexibility index (Phi) is 5.04. The van der Waals surface area contributed by atoms with Crippen LogP contribution in [0.15, 0.2) is 48.5 Å². The zero-order valence-electron chi connectivity index (χ0n) is 14.5. The number of aryl methyl sites for hydroxylation is 2. The molecule has 4 nitrogen and oxygen atoms in total. The molecule has 0 bridgehead atoms. The van der Waals surface area contributed by atoms with E-state index in [1.54, 1.807) is 0 Å². The van der Waals surface area contributed by atoms with E-state index in [-0.39, 0.29) is 5.91 Å². The highest BCUT2D eigenvalue weighted by molar-refractivity contribution is 5.81. The van der Waals surface area contributed by atoms with Gasteiger partial charge in [0.05, 0.1) is 6.54 Å². The average molecular weight is 323 g/mol. The molecule has 0 aromatic heterocycles. The van der Waals surface area contributed by atoms with Gasteiger partial charge < -0.3 is 15.1 Å². The van der Waals surface area contributed by atoms with Crippen molar-refractivity contribution in [3.8, 4) is 0 Å². The van der Waals surface area contributed by atoms with Crippen LogP contribution in [0.4, 0.5) is 11.4 Å². The first-order valence-electron chi connectivity index (χ1n) is 8.53. The third kappa shape index (κ3) is 3.70. The standard InChI is InChI=1S/C20H25N3O/c1-16-7-6-8-17(2)20(16)21-15-19(24)23-13-11-22(12-14-23)18-9-4-3-5-10-18/h3-10,21H,11-15H2,1-2H3. The van der Waals surface area contributed by atoms with Crippen molar-refractivity contribution in [2.75, 3.05) is 42.9 Å². The monoisotopic (exact) mass is 323 g/mol. The Morgan fingerprint density at radius 1 is 0.917 bits per heavy atom. The fraction of sp³-hybridized carbons (Fsp3) is 0.350. The molecule has 1 saturated heterocycles. The molecule has 0 unspecified atom stereocenters. The Bertz CT molecular complexity index is 671. The highest BCUT2D eigenvalue weighted by Crippen LogP contribution is 2.19. The van der Waals surface area contributed by atoms with Crippen LogP contribution < -0.4 is 10.2 Å². The van der Waals surface area contributed by atoms with E-state index in [4.69, 9.17) is 0 Å². The molecule has 0 saturated carbocycles. The highest BCUT2D eigenvalue weighted by Gasteiger charge is 2.21. The summed E-state index contributed by atoms with van der Waals surface area (Å²) in [5, 5.41) is 3.32. The van der Waals surface area contributed by atoms with E-state index in [1.807, 2.05) is 17.0 Å². The second-order valence-electron chi connectivity index (χ2n) is 6.32. The fourth-order valence-corrected chi connectivity index (χ4v) is 3.22. The number of carbonyl (C=O) groups excluding carboxylic acids is 1. The quantitative estimate of drug-likeness (QED) is 0.939. The summed E-state index contributed by atoms with van der Waals surface area (Å²) >= 11 is 0. The summed E-state index contributed by atoms with van der Waals surface area (Å²) in [6.45, 7) is 7.83. The zero-order chi connectivity index (χ0) is 16.9. The van der Waals surface area contributed by atoms with Crippen LogP contribution in [0.5, 0.6) is 0 Å². The number of rotatable bonds is 4. The molecule has 1 amide bonds. The van der Waals surface area contributed by atoms with Crippen molar-refractivity contribution >= 4 is 17.3 Å². The van der Waals surface area contributed by atoms with Gasteiger partial charge in [-0.25, -0.2) is 0 Å². The summed E-state index contributed by atoms with van der Waals surface area (Å²) in [5.74, 6) is 0.172. The van der Waals surface area contributed by atoms with Crippen LogP contribution in [0.25, 0.3) is 0 Å². The molecule has 2 aromatic carbocycles. The normalized spacial score (nSPS) is 14.6. The van der Waals surface area contributed by atoms with Crippen molar-refractivity contribution in [1.29, 1.82) is 0 Å². The maximum atomic E-state index is 12.5. The molecule has 24 heavy (non-hydrogen) atoms. The van der Waals surface area contributed by atoms with Crippen molar-refractivity contribution in [3.05, 3.63) is 59.7 Å². The van der Waals surface area contributed by atoms with Crippen LogP contribution in [0.1, 0.15) is 11.1 Å². The summed E-state index contributed by atoms with van der Waals surface area (Å²) in [7, 11) is 0. The van der Waals surface area contributed by atoms with Gasteiger partial charge in [0.1, 0.15) is 0 Å². The Labute approximate surface area is 144 Å². The molecule has 3 rings (SSSR count). The maximum absolute atomic E-state index is 12.5. The van der Waals surface area contributed by atoms with Crippen LogP contribution in [-0.4, -0.2) is 43.5 Å². The van der Waals surface area contributed by atoms with Crippen molar-refractivity contribution in [2.24, 2.45) is 0 Å². The van der Waals surface area contributed by atoms with Gasteiger partial charge in [0.25, 0.3) is 0 Å². The molecular weight excluding hydrogens is 298 g/mol. The van der Waals surface area contributed by atoms with Gasteiger partial charge in [-0.3, -0.25) is 4.79 Å². The van der Waals surface area contributed by atoms with Gasteiger partial charge in [0.15, 0.2) is 0 Å². The lowest BCUT2D eigenvalue weighted by Gasteiger charge is -2.36. The molecule has 1 N–H and O–H groups in total. The number of piperazine rings is 1. The van der Waals surface area contributed by atoms with E-state index >= 15 is 0 Å². The zero-order valence-corrected chi connectivity index (χ0v) is 14.5. The van der Waals surface area contributed by atoms with E-state index in [0.717, 1.165) is 31.9 Å². The molecule has 1 aliphatic heterocycles. The Hall–Kier alpha value is -2.49. The number of amides is 1. The third-order valence-electron chi connectivity index (χ3n) is 4.65. The highest BCUT2D eigenvalue weighted by atomic mass is 16.2. The summed E-state index contributed by atoms with van der Waals surface area (Å²) in [5.41, 5.74) is 4.67. The largest absolute Gasteiger partial charge is 0.376 e. The predicted octanol–water partition coefficient (Wildman–Crippen LogP) is 3.06. The van der Waals surface area contributed by atoms with Crippen molar-refractivity contribution in [1.82, 2.24) is 4.90 Å². The van der Waals surface area contributed by atoms with E-state index in [1.165, 1.54) is 16.8 Å². The molecular formula is C20H25N3O. The molecule has 0 spiro atoms. The first-order chi connectivity index (χ1) is 11.6. The number of hydrogen-bond acceptors (Lipinski definition) is 3. The summed E-state index contributed by atoms with van der Waals surface area (Å²) in [6.07, 6.45) is 0. The van der Waals surface area contributed by atoms with Gasteiger partial charge in [-0.05, 0) is 37.1 Å². The first-order valence-corrected chi connectivity index (χ1v) is 8.53. The lowest BCUT2D eigenvalue weighted by Crippen LogP contribution is -2.50. The molecule has 1 fully saturated rings.